The molecule has 2 aromatic carbocycles. The van der Waals surface area contributed by atoms with E-state index in [1.165, 1.54) is 0 Å². The number of esters is 1. The lowest BCUT2D eigenvalue weighted by Crippen LogP contribution is -2.44. The molecule has 0 fully saturated rings. The Kier molecular flexibility index (Phi) is 8.41. The van der Waals surface area contributed by atoms with Gasteiger partial charge in [0.15, 0.2) is 0 Å². The fourth-order valence-corrected chi connectivity index (χ4v) is 2.58. The molecule has 2 amide bonds. The third kappa shape index (κ3) is 8.77. The van der Waals surface area contributed by atoms with Gasteiger partial charge >= 0.3 is 12.1 Å². The first kappa shape index (κ1) is 22.9. The van der Waals surface area contributed by atoms with Crippen LogP contribution < -0.4 is 10.6 Å². The molecule has 1 atom stereocenters. The number of alkyl carbamates (subject to hydrolysis) is 1. The van der Waals surface area contributed by atoms with E-state index in [0.29, 0.717) is 5.69 Å². The first-order valence-corrected chi connectivity index (χ1v) is 9.78. The first-order chi connectivity index (χ1) is 14.2. The molecule has 160 valence electrons. The van der Waals surface area contributed by atoms with Crippen molar-refractivity contribution in [2.24, 2.45) is 0 Å². The summed E-state index contributed by atoms with van der Waals surface area (Å²) in [4.78, 5) is 37.0. The van der Waals surface area contributed by atoms with Gasteiger partial charge in [-0.1, -0.05) is 48.5 Å². The maximum atomic E-state index is 12.7. The molecule has 30 heavy (non-hydrogen) atoms. The number of benzene rings is 2. The SMILES string of the molecule is CC(C)(C)OC(=O)CC[C@H](NC(=O)OCc1ccccc1)C(=O)Nc1ccccc1. The molecule has 0 saturated carbocycles. The summed E-state index contributed by atoms with van der Waals surface area (Å²) in [7, 11) is 0. The molecule has 2 N–H and O–H groups in total. The monoisotopic (exact) mass is 412 g/mol. The lowest BCUT2D eigenvalue weighted by molar-refractivity contribution is -0.155. The number of hydrogen-bond donors (Lipinski definition) is 2. The van der Waals surface area contributed by atoms with Crippen LogP contribution in [0.3, 0.4) is 0 Å². The molecule has 0 aliphatic carbocycles. The quantitative estimate of drug-likeness (QED) is 0.638. The molecule has 0 aliphatic heterocycles. The average Bonchev–Trinajstić information content (AvgIpc) is 2.69. The molecule has 0 spiro atoms. The van der Waals surface area contributed by atoms with E-state index in [4.69, 9.17) is 9.47 Å². The molecule has 0 saturated heterocycles. The van der Waals surface area contributed by atoms with Crippen molar-refractivity contribution >= 4 is 23.7 Å². The maximum Gasteiger partial charge on any atom is 0.408 e. The number of nitrogens with one attached hydrogen (secondary N) is 2. The van der Waals surface area contributed by atoms with Crippen LogP contribution in [0.2, 0.25) is 0 Å². The van der Waals surface area contributed by atoms with Crippen molar-refractivity contribution in [3.63, 3.8) is 0 Å². The molecule has 0 aromatic heterocycles. The first-order valence-electron chi connectivity index (χ1n) is 9.78. The Balaban J connectivity index is 1.97. The van der Waals surface area contributed by atoms with E-state index in [1.54, 1.807) is 45.0 Å². The summed E-state index contributed by atoms with van der Waals surface area (Å²) in [6, 6.07) is 17.1. The molecular formula is C23H28N2O5. The van der Waals surface area contributed by atoms with Crippen LogP contribution in [0.5, 0.6) is 0 Å². The predicted molar refractivity (Wildman–Crippen MR) is 114 cm³/mol. The molecule has 7 nitrogen and oxygen atoms in total. The Hall–Kier alpha value is -3.35. The van der Waals surface area contributed by atoms with E-state index in [0.717, 1.165) is 5.56 Å². The van der Waals surface area contributed by atoms with Gasteiger partial charge in [0.25, 0.3) is 0 Å². The van der Waals surface area contributed by atoms with Gasteiger partial charge in [-0.05, 0) is 44.9 Å². The second kappa shape index (κ2) is 11.0. The number of carbonyl (C=O) groups excluding carboxylic acids is 3. The van der Waals surface area contributed by atoms with Crippen LogP contribution in [-0.2, 0) is 25.7 Å². The van der Waals surface area contributed by atoms with Crippen LogP contribution in [-0.4, -0.2) is 29.6 Å². The Morgan fingerprint density at radius 3 is 2.13 bits per heavy atom. The zero-order chi connectivity index (χ0) is 22.0. The van der Waals surface area contributed by atoms with Gasteiger partial charge in [0, 0.05) is 12.1 Å². The molecule has 0 bridgehead atoms. The normalized spacial score (nSPS) is 11.8. The summed E-state index contributed by atoms with van der Waals surface area (Å²) in [6.45, 7) is 5.38. The molecule has 2 rings (SSSR count). The minimum absolute atomic E-state index is 0.0247. The molecule has 0 aliphatic rings. The second-order valence-corrected chi connectivity index (χ2v) is 7.74. The van der Waals surface area contributed by atoms with Crippen molar-refractivity contribution in [1.29, 1.82) is 0 Å². The minimum atomic E-state index is -0.957. The fraction of sp³-hybridized carbons (Fsp3) is 0.348. The van der Waals surface area contributed by atoms with Crippen LogP contribution in [0.4, 0.5) is 10.5 Å². The Labute approximate surface area is 176 Å². The van der Waals surface area contributed by atoms with E-state index < -0.39 is 29.6 Å². The van der Waals surface area contributed by atoms with Crippen LogP contribution >= 0.6 is 0 Å². The highest BCUT2D eigenvalue weighted by Gasteiger charge is 2.24. The number of amides is 2. The number of para-hydroxylation sites is 1. The summed E-state index contributed by atoms with van der Waals surface area (Å²) in [5, 5.41) is 5.28. The van der Waals surface area contributed by atoms with Crippen molar-refractivity contribution < 1.29 is 23.9 Å². The lowest BCUT2D eigenvalue weighted by Gasteiger charge is -2.21. The van der Waals surface area contributed by atoms with Crippen molar-refractivity contribution in [1.82, 2.24) is 5.32 Å². The van der Waals surface area contributed by atoms with Gasteiger partial charge in [-0.3, -0.25) is 9.59 Å². The van der Waals surface area contributed by atoms with Crippen molar-refractivity contribution in [2.75, 3.05) is 5.32 Å². The molecule has 0 unspecified atom stereocenters. The van der Waals surface area contributed by atoms with Gasteiger partial charge in [0.05, 0.1) is 0 Å². The van der Waals surface area contributed by atoms with Gasteiger partial charge in [-0.25, -0.2) is 4.79 Å². The molecule has 2 aromatic rings. The van der Waals surface area contributed by atoms with E-state index in [-0.39, 0.29) is 19.4 Å². The largest absolute Gasteiger partial charge is 0.460 e. The average molecular weight is 412 g/mol. The van der Waals surface area contributed by atoms with Gasteiger partial charge in [0.2, 0.25) is 5.91 Å². The van der Waals surface area contributed by atoms with E-state index >= 15 is 0 Å². The third-order valence-electron chi connectivity index (χ3n) is 3.92. The Morgan fingerprint density at radius 2 is 1.53 bits per heavy atom. The van der Waals surface area contributed by atoms with Crippen LogP contribution in [0.15, 0.2) is 60.7 Å². The van der Waals surface area contributed by atoms with Gasteiger partial charge in [-0.2, -0.15) is 0 Å². The summed E-state index contributed by atoms with van der Waals surface area (Å²) < 4.78 is 10.5. The van der Waals surface area contributed by atoms with Gasteiger partial charge in [0.1, 0.15) is 18.2 Å². The van der Waals surface area contributed by atoms with E-state index in [2.05, 4.69) is 10.6 Å². The number of anilines is 1. The second-order valence-electron chi connectivity index (χ2n) is 7.74. The summed E-state index contributed by atoms with van der Waals surface area (Å²) >= 11 is 0. The van der Waals surface area contributed by atoms with Crippen LogP contribution in [0.25, 0.3) is 0 Å². The number of rotatable bonds is 8. The predicted octanol–water partition coefficient (Wildman–Crippen LogP) is 4.04. The minimum Gasteiger partial charge on any atom is -0.460 e. The number of carbonyl (C=O) groups is 3. The summed E-state index contributed by atoms with van der Waals surface area (Å²) in [6.07, 6.45) is -0.687. The molecule has 0 heterocycles. The Bertz CT molecular complexity index is 832. The maximum absolute atomic E-state index is 12.7. The smallest absolute Gasteiger partial charge is 0.408 e. The number of hydrogen-bond acceptors (Lipinski definition) is 5. The standard InChI is InChI=1S/C23H28N2O5/c1-23(2,3)30-20(26)15-14-19(21(27)24-18-12-8-5-9-13-18)25-22(28)29-16-17-10-6-4-7-11-17/h4-13,19H,14-16H2,1-3H3,(H,24,27)(H,25,28)/t19-/m0/s1. The fourth-order valence-electron chi connectivity index (χ4n) is 2.58. The van der Waals surface area contributed by atoms with Crippen molar-refractivity contribution in [2.45, 2.75) is 51.9 Å². The topological polar surface area (TPSA) is 93.7 Å². The highest BCUT2D eigenvalue weighted by Crippen LogP contribution is 2.12. The van der Waals surface area contributed by atoms with Crippen molar-refractivity contribution in [3.05, 3.63) is 66.2 Å². The van der Waals surface area contributed by atoms with Crippen LogP contribution in [0.1, 0.15) is 39.2 Å². The third-order valence-corrected chi connectivity index (χ3v) is 3.92. The number of ether oxygens (including phenoxy) is 2. The van der Waals surface area contributed by atoms with E-state index in [1.807, 2.05) is 36.4 Å². The zero-order valence-electron chi connectivity index (χ0n) is 17.5. The van der Waals surface area contributed by atoms with Crippen LogP contribution in [0, 0.1) is 0 Å². The summed E-state index contributed by atoms with van der Waals surface area (Å²) in [5.74, 6) is -0.888. The zero-order valence-corrected chi connectivity index (χ0v) is 17.5. The van der Waals surface area contributed by atoms with Crippen molar-refractivity contribution in [3.8, 4) is 0 Å². The Morgan fingerprint density at radius 1 is 0.933 bits per heavy atom. The molecule has 0 radical (unpaired) electrons. The van der Waals surface area contributed by atoms with Gasteiger partial charge in [-0.15, -0.1) is 0 Å². The molecular weight excluding hydrogens is 384 g/mol. The molecule has 7 heteroatoms. The lowest BCUT2D eigenvalue weighted by atomic mass is 10.1. The van der Waals surface area contributed by atoms with E-state index in [9.17, 15) is 14.4 Å². The highest BCUT2D eigenvalue weighted by molar-refractivity contribution is 5.96. The highest BCUT2D eigenvalue weighted by atomic mass is 16.6. The summed E-state index contributed by atoms with van der Waals surface area (Å²) in [5.41, 5.74) is 0.789. The van der Waals surface area contributed by atoms with Gasteiger partial charge < -0.3 is 20.1 Å².